The van der Waals surface area contributed by atoms with Gasteiger partial charge in [0.05, 0.1) is 4.90 Å². The van der Waals surface area contributed by atoms with Crippen molar-refractivity contribution in [3.05, 3.63) is 136 Å². The van der Waals surface area contributed by atoms with Gasteiger partial charge in [-0.2, -0.15) is 0 Å². The summed E-state index contributed by atoms with van der Waals surface area (Å²) in [7, 11) is -3.59. The van der Waals surface area contributed by atoms with E-state index in [1.807, 2.05) is 18.2 Å². The number of nitrogens with one attached hydrogen (secondary N) is 2. The summed E-state index contributed by atoms with van der Waals surface area (Å²) in [6.07, 6.45) is 0.391. The Bertz CT molecular complexity index is 1620. The van der Waals surface area contributed by atoms with Crippen LogP contribution in [0.2, 0.25) is 5.02 Å². The zero-order valence-corrected chi connectivity index (χ0v) is 25.2. The molecular weight excluding hydrogens is 589 g/mol. The van der Waals surface area contributed by atoms with Crippen molar-refractivity contribution in [1.82, 2.24) is 14.9 Å². The summed E-state index contributed by atoms with van der Waals surface area (Å²) in [5, 5.41) is 3.54. The zero-order valence-electron chi connectivity index (χ0n) is 23.7. The number of benzene rings is 4. The lowest BCUT2D eigenvalue weighted by molar-refractivity contribution is -0.141. The summed E-state index contributed by atoms with van der Waals surface area (Å²) in [5.74, 6) is -1.06. The Balaban J connectivity index is 1.59. The van der Waals surface area contributed by atoms with Gasteiger partial charge in [-0.1, -0.05) is 85.3 Å². The van der Waals surface area contributed by atoms with Crippen molar-refractivity contribution in [3.8, 4) is 0 Å². The van der Waals surface area contributed by atoms with Crippen molar-refractivity contribution in [1.29, 1.82) is 0 Å². The molecule has 10 heteroatoms. The lowest BCUT2D eigenvalue weighted by Gasteiger charge is -2.32. The van der Waals surface area contributed by atoms with E-state index >= 15 is 0 Å². The van der Waals surface area contributed by atoms with Crippen LogP contribution in [0.3, 0.4) is 0 Å². The maximum Gasteiger partial charge on any atom is 0.247 e. The fourth-order valence-corrected chi connectivity index (χ4v) is 5.78. The molecule has 0 aromatic heterocycles. The molecule has 4 aromatic rings. The van der Waals surface area contributed by atoms with E-state index in [9.17, 15) is 22.4 Å². The van der Waals surface area contributed by atoms with Gasteiger partial charge in [0, 0.05) is 31.1 Å². The van der Waals surface area contributed by atoms with Crippen LogP contribution in [-0.4, -0.2) is 31.7 Å². The minimum Gasteiger partial charge on any atom is -0.350 e. The van der Waals surface area contributed by atoms with Crippen LogP contribution in [0.25, 0.3) is 0 Å². The molecule has 0 aliphatic heterocycles. The smallest absolute Gasteiger partial charge is 0.247 e. The molecular formula is C33H33ClFN3O4S. The van der Waals surface area contributed by atoms with Crippen molar-refractivity contribution < 1.29 is 22.4 Å². The van der Waals surface area contributed by atoms with E-state index in [-0.39, 0.29) is 42.8 Å². The molecule has 0 aliphatic carbocycles. The third-order valence-electron chi connectivity index (χ3n) is 6.84. The predicted molar refractivity (Wildman–Crippen MR) is 165 cm³/mol. The second-order valence-electron chi connectivity index (χ2n) is 9.95. The summed E-state index contributed by atoms with van der Waals surface area (Å²) in [4.78, 5) is 29.3. The molecule has 4 aromatic carbocycles. The minimum atomic E-state index is -3.59. The molecule has 1 atom stereocenters. The molecule has 0 spiro atoms. The van der Waals surface area contributed by atoms with Crippen LogP contribution >= 0.6 is 11.6 Å². The van der Waals surface area contributed by atoms with Crippen LogP contribution in [0.5, 0.6) is 0 Å². The summed E-state index contributed by atoms with van der Waals surface area (Å²) in [6, 6.07) is 27.4. The average Bonchev–Trinajstić information content (AvgIpc) is 3.01. The van der Waals surface area contributed by atoms with Crippen molar-refractivity contribution in [3.63, 3.8) is 0 Å². The molecule has 2 N–H and O–H groups in total. The number of nitrogens with zero attached hydrogens (tertiary/aromatic N) is 1. The van der Waals surface area contributed by atoms with Gasteiger partial charge in [0.25, 0.3) is 0 Å². The monoisotopic (exact) mass is 621 g/mol. The minimum absolute atomic E-state index is 0.0638. The molecule has 7 nitrogen and oxygen atoms in total. The Morgan fingerprint density at radius 1 is 0.837 bits per heavy atom. The molecule has 2 amide bonds. The third kappa shape index (κ3) is 8.97. The summed E-state index contributed by atoms with van der Waals surface area (Å²) in [5.41, 5.74) is 2.92. The van der Waals surface area contributed by atoms with Gasteiger partial charge in [-0.15, -0.1) is 0 Å². The lowest BCUT2D eigenvalue weighted by atomic mass is 10.0. The van der Waals surface area contributed by atoms with E-state index in [1.165, 1.54) is 29.2 Å². The van der Waals surface area contributed by atoms with Crippen LogP contribution in [0.1, 0.15) is 41.6 Å². The largest absolute Gasteiger partial charge is 0.350 e. The summed E-state index contributed by atoms with van der Waals surface area (Å²) < 4.78 is 40.7. The predicted octanol–water partition coefficient (Wildman–Crippen LogP) is 5.80. The summed E-state index contributed by atoms with van der Waals surface area (Å²) in [6.45, 7) is 2.29. The van der Waals surface area contributed by atoms with Gasteiger partial charge >= 0.3 is 0 Å². The highest BCUT2D eigenvalue weighted by Crippen LogP contribution is 2.26. The van der Waals surface area contributed by atoms with E-state index in [4.69, 9.17) is 11.6 Å². The number of carbonyl (C=O) groups excluding carboxylic acids is 2. The van der Waals surface area contributed by atoms with E-state index in [1.54, 1.807) is 67.6 Å². The Labute approximate surface area is 256 Å². The fourth-order valence-electron chi connectivity index (χ4n) is 4.61. The molecule has 0 saturated heterocycles. The fraction of sp³-hybridized carbons (Fsp3) is 0.212. The maximum absolute atomic E-state index is 13.9. The standard InChI is InChI=1S/C33H33ClFN3O4S/c1-2-37-43(41,42)30-19-12-24(13-20-30)14-21-31(39)38(23-26-10-17-29(35)18-11-26)32(27-6-4-3-5-7-27)33(40)36-22-25-8-15-28(34)16-9-25/h3-13,15-20,32,37H,2,14,21-23H2,1H3,(H,36,40). The quantitative estimate of drug-likeness (QED) is 0.197. The van der Waals surface area contributed by atoms with Crippen molar-refractivity contribution in [2.45, 2.75) is 43.8 Å². The first kappa shape index (κ1) is 31.9. The topological polar surface area (TPSA) is 95.6 Å². The van der Waals surface area contributed by atoms with Crippen LogP contribution in [0, 0.1) is 5.82 Å². The van der Waals surface area contributed by atoms with Gasteiger partial charge in [0.15, 0.2) is 0 Å². The van der Waals surface area contributed by atoms with Crippen molar-refractivity contribution in [2.24, 2.45) is 0 Å². The molecule has 0 bridgehead atoms. The Morgan fingerprint density at radius 3 is 2.07 bits per heavy atom. The second-order valence-corrected chi connectivity index (χ2v) is 12.2. The first-order valence-corrected chi connectivity index (χ1v) is 15.7. The summed E-state index contributed by atoms with van der Waals surface area (Å²) >= 11 is 6.00. The van der Waals surface area contributed by atoms with Crippen LogP contribution in [0.4, 0.5) is 4.39 Å². The number of amides is 2. The molecule has 0 radical (unpaired) electrons. The Morgan fingerprint density at radius 2 is 1.44 bits per heavy atom. The maximum atomic E-state index is 13.9. The number of hydrogen-bond donors (Lipinski definition) is 2. The normalized spacial score (nSPS) is 12.0. The SMILES string of the molecule is CCNS(=O)(=O)c1ccc(CCC(=O)N(Cc2ccc(F)cc2)C(C(=O)NCc2ccc(Cl)cc2)c2ccccc2)cc1. The van der Waals surface area contributed by atoms with Gasteiger partial charge in [0.1, 0.15) is 11.9 Å². The second kappa shape index (κ2) is 14.9. The van der Waals surface area contributed by atoms with Gasteiger partial charge in [-0.05, 0) is 65.1 Å². The zero-order chi connectivity index (χ0) is 30.8. The molecule has 0 fully saturated rings. The molecule has 0 aliphatic rings. The highest BCUT2D eigenvalue weighted by Gasteiger charge is 2.31. The number of aryl methyl sites for hydroxylation is 1. The number of rotatable bonds is 13. The van der Waals surface area contributed by atoms with Gasteiger partial charge < -0.3 is 10.2 Å². The first-order chi connectivity index (χ1) is 20.7. The Hall–Kier alpha value is -4.05. The highest BCUT2D eigenvalue weighted by atomic mass is 35.5. The van der Waals surface area contributed by atoms with E-state index in [0.717, 1.165) is 11.1 Å². The van der Waals surface area contributed by atoms with E-state index < -0.39 is 21.9 Å². The van der Waals surface area contributed by atoms with Gasteiger partial charge in [-0.3, -0.25) is 9.59 Å². The van der Waals surface area contributed by atoms with Crippen LogP contribution < -0.4 is 10.0 Å². The average molecular weight is 622 g/mol. The van der Waals surface area contributed by atoms with Crippen molar-refractivity contribution >= 4 is 33.4 Å². The van der Waals surface area contributed by atoms with Crippen LogP contribution in [0.15, 0.2) is 108 Å². The molecule has 43 heavy (non-hydrogen) atoms. The Kier molecular flexibility index (Phi) is 11.1. The molecule has 1 unspecified atom stereocenters. The number of halogens is 2. The lowest BCUT2D eigenvalue weighted by Crippen LogP contribution is -2.43. The van der Waals surface area contributed by atoms with Crippen molar-refractivity contribution in [2.75, 3.05) is 6.54 Å². The van der Waals surface area contributed by atoms with Gasteiger partial charge in [0.2, 0.25) is 21.8 Å². The molecule has 0 heterocycles. The first-order valence-electron chi connectivity index (χ1n) is 13.9. The molecule has 4 rings (SSSR count). The highest BCUT2D eigenvalue weighted by molar-refractivity contribution is 7.89. The molecule has 0 saturated carbocycles. The van der Waals surface area contributed by atoms with E-state index in [0.29, 0.717) is 22.6 Å². The van der Waals surface area contributed by atoms with E-state index in [2.05, 4.69) is 10.0 Å². The van der Waals surface area contributed by atoms with Crippen LogP contribution in [-0.2, 0) is 39.1 Å². The number of carbonyl (C=O) groups is 2. The number of hydrogen-bond acceptors (Lipinski definition) is 4. The number of sulfonamides is 1. The molecule has 224 valence electrons. The van der Waals surface area contributed by atoms with Gasteiger partial charge in [-0.25, -0.2) is 17.5 Å². The third-order valence-corrected chi connectivity index (χ3v) is 8.65.